The molecular formula is C19H20O6S. The van der Waals surface area contributed by atoms with Crippen molar-refractivity contribution in [3.8, 4) is 11.5 Å². The second-order valence-electron chi connectivity index (χ2n) is 5.65. The summed E-state index contributed by atoms with van der Waals surface area (Å²) in [6.07, 6.45) is 0. The van der Waals surface area contributed by atoms with Crippen molar-refractivity contribution in [1.29, 1.82) is 0 Å². The first-order chi connectivity index (χ1) is 12.7. The van der Waals surface area contributed by atoms with E-state index in [9.17, 15) is 9.59 Å². The first-order valence-corrected chi connectivity index (χ1v) is 9.21. The lowest BCUT2D eigenvalue weighted by Gasteiger charge is -2.25. The van der Waals surface area contributed by atoms with Crippen LogP contribution in [0.25, 0.3) is 0 Å². The number of fused-ring (bicyclic) bond motifs is 1. The topological polar surface area (TPSA) is 71.1 Å². The SMILES string of the molecule is CCOC(=O)C(c1ccc2c(c1)OCCO2)C(C(=O)OC)c1cccs1. The van der Waals surface area contributed by atoms with Gasteiger partial charge >= 0.3 is 11.9 Å². The number of thiophene rings is 1. The molecule has 6 nitrogen and oxygen atoms in total. The Labute approximate surface area is 155 Å². The Morgan fingerprint density at radius 2 is 1.88 bits per heavy atom. The van der Waals surface area contributed by atoms with Gasteiger partial charge in [0.1, 0.15) is 25.0 Å². The molecule has 2 unspecified atom stereocenters. The highest BCUT2D eigenvalue weighted by Crippen LogP contribution is 2.41. The predicted molar refractivity (Wildman–Crippen MR) is 95.9 cm³/mol. The van der Waals surface area contributed by atoms with Crippen LogP contribution in [0.4, 0.5) is 0 Å². The van der Waals surface area contributed by atoms with Gasteiger partial charge < -0.3 is 18.9 Å². The first kappa shape index (κ1) is 18.3. The summed E-state index contributed by atoms with van der Waals surface area (Å²) in [5.41, 5.74) is 0.622. The minimum absolute atomic E-state index is 0.220. The second kappa shape index (κ2) is 8.23. The quantitative estimate of drug-likeness (QED) is 0.722. The highest BCUT2D eigenvalue weighted by atomic mass is 32.1. The van der Waals surface area contributed by atoms with Crippen molar-refractivity contribution >= 4 is 23.3 Å². The maximum absolute atomic E-state index is 12.8. The molecule has 2 heterocycles. The zero-order valence-corrected chi connectivity index (χ0v) is 15.4. The van der Waals surface area contributed by atoms with Gasteiger partial charge in [0.15, 0.2) is 11.5 Å². The molecule has 0 bridgehead atoms. The summed E-state index contributed by atoms with van der Waals surface area (Å²) >= 11 is 1.40. The fourth-order valence-corrected chi connectivity index (χ4v) is 3.81. The molecule has 0 N–H and O–H groups in total. The number of ether oxygens (including phenoxy) is 4. The van der Waals surface area contributed by atoms with Crippen LogP contribution in [0.1, 0.15) is 29.2 Å². The molecule has 1 aromatic carbocycles. The number of esters is 2. The summed E-state index contributed by atoms with van der Waals surface area (Å²) in [5, 5.41) is 1.86. The van der Waals surface area contributed by atoms with Crippen LogP contribution < -0.4 is 9.47 Å². The molecule has 2 atom stereocenters. The van der Waals surface area contributed by atoms with E-state index >= 15 is 0 Å². The van der Waals surface area contributed by atoms with Gasteiger partial charge in [-0.15, -0.1) is 11.3 Å². The fraction of sp³-hybridized carbons (Fsp3) is 0.368. The van der Waals surface area contributed by atoms with Gasteiger partial charge in [0.25, 0.3) is 0 Å². The van der Waals surface area contributed by atoms with Crippen molar-refractivity contribution in [2.24, 2.45) is 0 Å². The minimum atomic E-state index is -0.836. The predicted octanol–water partition coefficient (Wildman–Crippen LogP) is 3.12. The summed E-state index contributed by atoms with van der Waals surface area (Å²) in [4.78, 5) is 26.1. The summed E-state index contributed by atoms with van der Waals surface area (Å²) < 4.78 is 21.4. The average molecular weight is 376 g/mol. The Morgan fingerprint density at radius 3 is 2.54 bits per heavy atom. The van der Waals surface area contributed by atoms with Gasteiger partial charge in [-0.1, -0.05) is 12.1 Å². The molecule has 0 aliphatic carbocycles. The van der Waals surface area contributed by atoms with Crippen molar-refractivity contribution in [3.63, 3.8) is 0 Å². The molecule has 0 fully saturated rings. The summed E-state index contributed by atoms with van der Waals surface area (Å²) in [5.74, 6) is -1.42. The highest BCUT2D eigenvalue weighted by Gasteiger charge is 2.39. The minimum Gasteiger partial charge on any atom is -0.486 e. The van der Waals surface area contributed by atoms with Crippen LogP contribution in [-0.4, -0.2) is 38.9 Å². The molecule has 3 rings (SSSR count). The lowest BCUT2D eigenvalue weighted by Crippen LogP contribution is -2.28. The van der Waals surface area contributed by atoms with Gasteiger partial charge in [0.05, 0.1) is 13.7 Å². The normalized spacial score (nSPS) is 15.0. The molecule has 1 aromatic heterocycles. The molecule has 0 radical (unpaired) electrons. The van der Waals surface area contributed by atoms with Crippen molar-refractivity contribution in [2.45, 2.75) is 18.8 Å². The number of benzene rings is 1. The molecule has 2 aromatic rings. The van der Waals surface area contributed by atoms with E-state index in [1.807, 2.05) is 17.5 Å². The fourth-order valence-electron chi connectivity index (χ4n) is 2.96. The van der Waals surface area contributed by atoms with Crippen molar-refractivity contribution in [2.75, 3.05) is 26.9 Å². The summed E-state index contributed by atoms with van der Waals surface area (Å²) in [6, 6.07) is 8.90. The van der Waals surface area contributed by atoms with E-state index in [0.717, 1.165) is 4.88 Å². The largest absolute Gasteiger partial charge is 0.486 e. The van der Waals surface area contributed by atoms with Gasteiger partial charge in [-0.05, 0) is 36.1 Å². The Balaban J connectivity index is 2.06. The lowest BCUT2D eigenvalue weighted by atomic mass is 9.84. The third-order valence-corrected chi connectivity index (χ3v) is 5.06. The molecular weight excluding hydrogens is 356 g/mol. The van der Waals surface area contributed by atoms with Crippen LogP contribution in [0.5, 0.6) is 11.5 Å². The van der Waals surface area contributed by atoms with Crippen LogP contribution >= 0.6 is 11.3 Å². The highest BCUT2D eigenvalue weighted by molar-refractivity contribution is 7.10. The summed E-state index contributed by atoms with van der Waals surface area (Å²) in [7, 11) is 1.31. The average Bonchev–Trinajstić information content (AvgIpc) is 3.19. The zero-order valence-electron chi connectivity index (χ0n) is 14.6. The zero-order chi connectivity index (χ0) is 18.5. The number of rotatable bonds is 6. The Morgan fingerprint density at radius 1 is 1.12 bits per heavy atom. The number of methoxy groups -OCH3 is 1. The van der Waals surface area contributed by atoms with Crippen LogP contribution in [0.2, 0.25) is 0 Å². The van der Waals surface area contributed by atoms with E-state index < -0.39 is 23.8 Å². The van der Waals surface area contributed by atoms with E-state index in [-0.39, 0.29) is 6.61 Å². The van der Waals surface area contributed by atoms with Gasteiger partial charge in [0.2, 0.25) is 0 Å². The van der Waals surface area contributed by atoms with Gasteiger partial charge in [-0.2, -0.15) is 0 Å². The molecule has 0 spiro atoms. The molecule has 138 valence electrons. The van der Waals surface area contributed by atoms with Crippen LogP contribution in [0.3, 0.4) is 0 Å². The van der Waals surface area contributed by atoms with E-state index in [2.05, 4.69) is 0 Å². The van der Waals surface area contributed by atoms with Crippen molar-refractivity contribution < 1.29 is 28.5 Å². The summed E-state index contributed by atoms with van der Waals surface area (Å²) in [6.45, 7) is 2.87. The van der Waals surface area contributed by atoms with Crippen molar-refractivity contribution in [3.05, 3.63) is 46.2 Å². The van der Waals surface area contributed by atoms with Crippen molar-refractivity contribution in [1.82, 2.24) is 0 Å². The van der Waals surface area contributed by atoms with E-state index in [1.165, 1.54) is 18.4 Å². The Bertz CT molecular complexity index is 770. The molecule has 0 saturated heterocycles. The third-order valence-electron chi connectivity index (χ3n) is 4.10. The number of carbonyl (C=O) groups is 2. The third kappa shape index (κ3) is 3.67. The first-order valence-electron chi connectivity index (χ1n) is 8.33. The number of carbonyl (C=O) groups excluding carboxylic acids is 2. The van der Waals surface area contributed by atoms with E-state index in [0.29, 0.717) is 30.3 Å². The van der Waals surface area contributed by atoms with Gasteiger partial charge in [-0.3, -0.25) is 9.59 Å². The smallest absolute Gasteiger partial charge is 0.315 e. The van der Waals surface area contributed by atoms with E-state index in [1.54, 1.807) is 25.1 Å². The van der Waals surface area contributed by atoms with Gasteiger partial charge in [0, 0.05) is 4.88 Å². The number of hydrogen-bond acceptors (Lipinski definition) is 7. The van der Waals surface area contributed by atoms with Gasteiger partial charge in [-0.25, -0.2) is 0 Å². The molecule has 1 aliphatic rings. The molecule has 0 saturated carbocycles. The molecule has 26 heavy (non-hydrogen) atoms. The monoisotopic (exact) mass is 376 g/mol. The number of hydrogen-bond donors (Lipinski definition) is 0. The maximum Gasteiger partial charge on any atom is 0.315 e. The Kier molecular flexibility index (Phi) is 5.78. The standard InChI is InChI=1S/C19H20O6S/c1-3-23-19(21)16(17(18(20)22-2)15-5-4-10-26-15)12-6-7-13-14(11-12)25-9-8-24-13/h4-7,10-11,16-17H,3,8-9H2,1-2H3. The molecule has 1 aliphatic heterocycles. The lowest BCUT2D eigenvalue weighted by molar-refractivity contribution is -0.152. The van der Waals surface area contributed by atoms with Crippen LogP contribution in [-0.2, 0) is 19.1 Å². The van der Waals surface area contributed by atoms with Crippen LogP contribution in [0, 0.1) is 0 Å². The molecule has 0 amide bonds. The molecule has 7 heteroatoms. The Hall–Kier alpha value is -2.54. The second-order valence-corrected chi connectivity index (χ2v) is 6.63. The maximum atomic E-state index is 12.8. The van der Waals surface area contributed by atoms with Crippen LogP contribution in [0.15, 0.2) is 35.7 Å². The van der Waals surface area contributed by atoms with E-state index in [4.69, 9.17) is 18.9 Å².